The zero-order chi connectivity index (χ0) is 10.7. The fraction of sp³-hybridized carbons (Fsp3) is 0.222. The van der Waals surface area contributed by atoms with Crippen molar-refractivity contribution in [1.82, 2.24) is 0 Å². The Labute approximate surface area is 88.7 Å². The lowest BCUT2D eigenvalue weighted by molar-refractivity contribution is 0.596. The summed E-state index contributed by atoms with van der Waals surface area (Å²) in [5.41, 5.74) is -0.0141. The van der Waals surface area contributed by atoms with E-state index in [-0.39, 0.29) is 10.2 Å². The minimum absolute atomic E-state index is 0.0141. The number of rotatable bonds is 2. The standard InChI is InChI=1S/C9H7BrF2N2/c1-5(4-13)14-9-3-7(11)6(10)2-8(9)12/h2-3,5,14H,1H3. The van der Waals surface area contributed by atoms with E-state index in [1.54, 1.807) is 6.92 Å². The Kier molecular flexibility index (Phi) is 3.42. The molecule has 0 fully saturated rings. The van der Waals surface area contributed by atoms with Crippen LogP contribution >= 0.6 is 15.9 Å². The number of hydrogen-bond acceptors (Lipinski definition) is 2. The molecule has 1 unspecified atom stereocenters. The Morgan fingerprint density at radius 1 is 1.43 bits per heavy atom. The van der Waals surface area contributed by atoms with Crippen LogP contribution in [0.15, 0.2) is 16.6 Å². The van der Waals surface area contributed by atoms with Gasteiger partial charge in [0.15, 0.2) is 0 Å². The SMILES string of the molecule is CC(C#N)Nc1cc(F)c(Br)cc1F. The van der Waals surface area contributed by atoms with Crippen molar-refractivity contribution >= 4 is 21.6 Å². The third kappa shape index (κ3) is 2.42. The van der Waals surface area contributed by atoms with Gasteiger partial charge in [0.05, 0.1) is 16.2 Å². The van der Waals surface area contributed by atoms with Crippen molar-refractivity contribution in [3.63, 3.8) is 0 Å². The molecular formula is C9H7BrF2N2. The zero-order valence-electron chi connectivity index (χ0n) is 7.31. The van der Waals surface area contributed by atoms with E-state index in [0.717, 1.165) is 12.1 Å². The Bertz CT molecular complexity index is 387. The van der Waals surface area contributed by atoms with Crippen LogP contribution in [0.1, 0.15) is 6.92 Å². The van der Waals surface area contributed by atoms with Crippen LogP contribution in [0.25, 0.3) is 0 Å². The summed E-state index contributed by atoms with van der Waals surface area (Å²) in [7, 11) is 0. The van der Waals surface area contributed by atoms with E-state index in [0.29, 0.717) is 0 Å². The van der Waals surface area contributed by atoms with Crippen LogP contribution in [0, 0.1) is 23.0 Å². The van der Waals surface area contributed by atoms with Gasteiger partial charge in [0, 0.05) is 6.07 Å². The molecule has 1 aromatic carbocycles. The predicted molar refractivity (Wildman–Crippen MR) is 52.8 cm³/mol. The molecule has 1 N–H and O–H groups in total. The van der Waals surface area contributed by atoms with Crippen LogP contribution in [-0.4, -0.2) is 6.04 Å². The maximum absolute atomic E-state index is 13.2. The fourth-order valence-electron chi connectivity index (χ4n) is 0.899. The summed E-state index contributed by atoms with van der Waals surface area (Å²) < 4.78 is 26.2. The lowest BCUT2D eigenvalue weighted by Crippen LogP contribution is -2.13. The molecule has 0 spiro atoms. The van der Waals surface area contributed by atoms with E-state index in [1.807, 2.05) is 6.07 Å². The summed E-state index contributed by atoms with van der Waals surface area (Å²) in [6, 6.07) is 3.32. The molecule has 0 bridgehead atoms. The first-order chi connectivity index (χ1) is 6.54. The molecule has 0 saturated heterocycles. The molecule has 2 nitrogen and oxygen atoms in total. The summed E-state index contributed by atoms with van der Waals surface area (Å²) in [5, 5.41) is 11.0. The minimum Gasteiger partial charge on any atom is -0.368 e. The van der Waals surface area contributed by atoms with Gasteiger partial charge in [-0.3, -0.25) is 0 Å². The summed E-state index contributed by atoms with van der Waals surface area (Å²) in [6.45, 7) is 1.55. The van der Waals surface area contributed by atoms with Gasteiger partial charge >= 0.3 is 0 Å². The van der Waals surface area contributed by atoms with Gasteiger partial charge < -0.3 is 5.32 Å². The van der Waals surface area contributed by atoms with Crippen LogP contribution in [0.4, 0.5) is 14.5 Å². The van der Waals surface area contributed by atoms with Crippen molar-refractivity contribution in [3.05, 3.63) is 28.2 Å². The van der Waals surface area contributed by atoms with Gasteiger partial charge in [0.2, 0.25) is 0 Å². The molecule has 0 aromatic heterocycles. The monoisotopic (exact) mass is 260 g/mol. The largest absolute Gasteiger partial charge is 0.368 e. The van der Waals surface area contributed by atoms with Crippen molar-refractivity contribution in [2.75, 3.05) is 5.32 Å². The first-order valence-corrected chi connectivity index (χ1v) is 4.64. The Morgan fingerprint density at radius 3 is 2.64 bits per heavy atom. The second-order valence-electron chi connectivity index (χ2n) is 2.74. The number of hydrogen-bond donors (Lipinski definition) is 1. The average Bonchev–Trinajstić information content (AvgIpc) is 2.14. The number of halogens is 3. The highest BCUT2D eigenvalue weighted by atomic mass is 79.9. The number of nitrogens with zero attached hydrogens (tertiary/aromatic N) is 1. The highest BCUT2D eigenvalue weighted by Crippen LogP contribution is 2.23. The number of anilines is 1. The second-order valence-corrected chi connectivity index (χ2v) is 3.60. The van der Waals surface area contributed by atoms with Crippen molar-refractivity contribution < 1.29 is 8.78 Å². The Hall–Kier alpha value is -1.15. The summed E-state index contributed by atoms with van der Waals surface area (Å²) >= 11 is 2.86. The molecule has 0 saturated carbocycles. The molecule has 0 amide bonds. The van der Waals surface area contributed by atoms with Gasteiger partial charge in [-0.15, -0.1) is 0 Å². The van der Waals surface area contributed by atoms with E-state index < -0.39 is 17.7 Å². The first-order valence-electron chi connectivity index (χ1n) is 3.85. The molecule has 1 atom stereocenters. The Balaban J connectivity index is 2.99. The lowest BCUT2D eigenvalue weighted by Gasteiger charge is -2.09. The number of nitrogens with one attached hydrogen (secondary N) is 1. The zero-order valence-corrected chi connectivity index (χ0v) is 8.90. The molecule has 0 aliphatic heterocycles. The minimum atomic E-state index is -0.597. The maximum atomic E-state index is 13.2. The van der Waals surface area contributed by atoms with Gasteiger partial charge in [0.25, 0.3) is 0 Å². The fourth-order valence-corrected chi connectivity index (χ4v) is 1.21. The van der Waals surface area contributed by atoms with E-state index in [1.165, 1.54) is 0 Å². The second kappa shape index (κ2) is 4.38. The maximum Gasteiger partial charge on any atom is 0.147 e. The normalized spacial score (nSPS) is 11.9. The molecule has 5 heteroatoms. The summed E-state index contributed by atoms with van der Waals surface area (Å²) in [6.07, 6.45) is 0. The highest BCUT2D eigenvalue weighted by molar-refractivity contribution is 9.10. The predicted octanol–water partition coefficient (Wildman–Crippen LogP) is 3.05. The van der Waals surface area contributed by atoms with Crippen molar-refractivity contribution in [1.29, 1.82) is 5.26 Å². The van der Waals surface area contributed by atoms with Crippen molar-refractivity contribution in [2.45, 2.75) is 13.0 Å². The first kappa shape index (κ1) is 10.9. The number of nitriles is 1. The molecular weight excluding hydrogens is 254 g/mol. The molecule has 14 heavy (non-hydrogen) atoms. The average molecular weight is 261 g/mol. The van der Waals surface area contributed by atoms with Crippen LogP contribution in [0.5, 0.6) is 0 Å². The smallest absolute Gasteiger partial charge is 0.147 e. The van der Waals surface area contributed by atoms with Gasteiger partial charge in [0.1, 0.15) is 17.7 Å². The van der Waals surface area contributed by atoms with Crippen LogP contribution in [-0.2, 0) is 0 Å². The molecule has 1 rings (SSSR count). The lowest BCUT2D eigenvalue weighted by atomic mass is 10.2. The van der Waals surface area contributed by atoms with Crippen LogP contribution in [0.3, 0.4) is 0 Å². The molecule has 74 valence electrons. The molecule has 0 heterocycles. The van der Waals surface area contributed by atoms with Crippen molar-refractivity contribution in [2.24, 2.45) is 0 Å². The number of benzene rings is 1. The van der Waals surface area contributed by atoms with Gasteiger partial charge in [-0.2, -0.15) is 5.26 Å². The topological polar surface area (TPSA) is 35.8 Å². The molecule has 0 radical (unpaired) electrons. The van der Waals surface area contributed by atoms with E-state index in [2.05, 4.69) is 21.2 Å². The van der Waals surface area contributed by atoms with Crippen LogP contribution < -0.4 is 5.32 Å². The van der Waals surface area contributed by atoms with Gasteiger partial charge in [-0.05, 0) is 28.9 Å². The molecule has 0 aliphatic carbocycles. The highest BCUT2D eigenvalue weighted by Gasteiger charge is 2.09. The summed E-state index contributed by atoms with van der Waals surface area (Å²) in [5.74, 6) is -1.17. The van der Waals surface area contributed by atoms with E-state index >= 15 is 0 Å². The van der Waals surface area contributed by atoms with Gasteiger partial charge in [-0.1, -0.05) is 0 Å². The molecule has 1 aromatic rings. The molecule has 0 aliphatic rings. The quantitative estimate of drug-likeness (QED) is 0.830. The Morgan fingerprint density at radius 2 is 2.07 bits per heavy atom. The summed E-state index contributed by atoms with van der Waals surface area (Å²) in [4.78, 5) is 0. The van der Waals surface area contributed by atoms with Crippen molar-refractivity contribution in [3.8, 4) is 6.07 Å². The van der Waals surface area contributed by atoms with E-state index in [4.69, 9.17) is 5.26 Å². The van der Waals surface area contributed by atoms with Crippen LogP contribution in [0.2, 0.25) is 0 Å². The third-order valence-electron chi connectivity index (χ3n) is 1.58. The third-order valence-corrected chi connectivity index (χ3v) is 2.18. The van der Waals surface area contributed by atoms with E-state index in [9.17, 15) is 8.78 Å². The van der Waals surface area contributed by atoms with Gasteiger partial charge in [-0.25, -0.2) is 8.78 Å².